The predicted octanol–water partition coefficient (Wildman–Crippen LogP) is 7.44. The highest BCUT2D eigenvalue weighted by atomic mass is 31.0. The molecule has 21 heavy (non-hydrogen) atoms. The molecule has 0 rings (SSSR count). The maximum atomic E-state index is 4.98. The molecule has 1 nitrogen and oxygen atoms in total. The van der Waals surface area contributed by atoms with E-state index in [1.54, 1.807) is 0 Å². The Labute approximate surface area is 137 Å². The van der Waals surface area contributed by atoms with E-state index >= 15 is 0 Å². The summed E-state index contributed by atoms with van der Waals surface area (Å²) in [5.41, 5.74) is 0. The van der Waals surface area contributed by atoms with Gasteiger partial charge in [-0.2, -0.15) is 0 Å². The maximum absolute atomic E-state index is 4.98. The zero-order chi connectivity index (χ0) is 15.4. The van der Waals surface area contributed by atoms with E-state index in [0.29, 0.717) is 0 Å². The molecular weight excluding hydrogens is 275 g/mol. The lowest BCUT2D eigenvalue weighted by atomic mass is 10.0. The third-order valence-electron chi connectivity index (χ3n) is 4.37. The monoisotopic (exact) mass is 316 g/mol. The molecule has 0 heterocycles. The lowest BCUT2D eigenvalue weighted by Gasteiger charge is -2.03. The van der Waals surface area contributed by atoms with Crippen molar-refractivity contribution in [3.8, 4) is 0 Å². The smallest absolute Gasteiger partial charge is 0.0501 e. The summed E-state index contributed by atoms with van der Waals surface area (Å²) in [6.07, 6.45) is 24.3. The molecule has 0 aromatic rings. The Morgan fingerprint density at radius 2 is 0.762 bits per heavy atom. The van der Waals surface area contributed by atoms with Crippen molar-refractivity contribution >= 4 is 9.47 Å². The van der Waals surface area contributed by atoms with Gasteiger partial charge >= 0.3 is 0 Å². The van der Waals surface area contributed by atoms with Crippen molar-refractivity contribution in [2.45, 2.75) is 116 Å². The first-order chi connectivity index (χ1) is 10.4. The first-order valence-electron chi connectivity index (χ1n) is 9.73. The van der Waals surface area contributed by atoms with Gasteiger partial charge in [0.1, 0.15) is 0 Å². The standard InChI is InChI=1S/C19H41OP/c1-2-3-4-5-6-7-8-9-10-11-12-13-14-15-16-17-18-19-20-21/h2-19,21H2,1H3. The zero-order valence-electron chi connectivity index (χ0n) is 14.7. The molecule has 1 atom stereocenters. The highest BCUT2D eigenvalue weighted by molar-refractivity contribution is 7.09. The van der Waals surface area contributed by atoms with Crippen LogP contribution in [-0.4, -0.2) is 6.61 Å². The summed E-state index contributed by atoms with van der Waals surface area (Å²) in [4.78, 5) is 0. The Balaban J connectivity index is 2.90. The Morgan fingerprint density at radius 1 is 0.476 bits per heavy atom. The lowest BCUT2D eigenvalue weighted by molar-refractivity contribution is 0.352. The second kappa shape index (κ2) is 20.4. The van der Waals surface area contributed by atoms with Crippen molar-refractivity contribution in [1.82, 2.24) is 0 Å². The average molecular weight is 317 g/mol. The van der Waals surface area contributed by atoms with E-state index < -0.39 is 0 Å². The predicted molar refractivity (Wildman–Crippen MR) is 99.8 cm³/mol. The largest absolute Gasteiger partial charge is 0.366 e. The molecule has 0 fully saturated rings. The Kier molecular flexibility index (Phi) is 20.8. The summed E-state index contributed by atoms with van der Waals surface area (Å²) < 4.78 is 4.98. The molecule has 0 N–H and O–H groups in total. The van der Waals surface area contributed by atoms with E-state index in [1.807, 2.05) is 0 Å². The van der Waals surface area contributed by atoms with Crippen LogP contribution in [0.1, 0.15) is 116 Å². The molecule has 2 heteroatoms. The van der Waals surface area contributed by atoms with E-state index in [4.69, 9.17) is 4.52 Å². The molecular formula is C19H41OP. The summed E-state index contributed by atoms with van der Waals surface area (Å²) in [5.74, 6) is 0. The molecule has 0 aliphatic rings. The van der Waals surface area contributed by atoms with Crippen molar-refractivity contribution in [2.24, 2.45) is 0 Å². The van der Waals surface area contributed by atoms with Crippen LogP contribution in [0.3, 0.4) is 0 Å². The fourth-order valence-electron chi connectivity index (χ4n) is 2.91. The highest BCUT2D eigenvalue weighted by Crippen LogP contribution is 2.14. The first kappa shape index (κ1) is 21.4. The van der Waals surface area contributed by atoms with Gasteiger partial charge in [-0.05, 0) is 6.42 Å². The van der Waals surface area contributed by atoms with Crippen LogP contribution in [-0.2, 0) is 4.52 Å². The molecule has 0 amide bonds. The van der Waals surface area contributed by atoms with Gasteiger partial charge in [-0.1, -0.05) is 110 Å². The van der Waals surface area contributed by atoms with Crippen molar-refractivity contribution in [3.63, 3.8) is 0 Å². The minimum absolute atomic E-state index is 0.906. The molecule has 0 bridgehead atoms. The van der Waals surface area contributed by atoms with E-state index in [-0.39, 0.29) is 0 Å². The number of unbranched alkanes of at least 4 members (excludes halogenated alkanes) is 16. The molecule has 0 radical (unpaired) electrons. The number of rotatable bonds is 18. The van der Waals surface area contributed by atoms with Gasteiger partial charge in [0.15, 0.2) is 0 Å². The summed E-state index contributed by atoms with van der Waals surface area (Å²) in [7, 11) is 2.33. The van der Waals surface area contributed by atoms with Gasteiger partial charge < -0.3 is 4.52 Å². The third kappa shape index (κ3) is 20.4. The molecule has 128 valence electrons. The molecule has 1 unspecified atom stereocenters. The summed E-state index contributed by atoms with van der Waals surface area (Å²) in [6.45, 7) is 3.20. The first-order valence-corrected chi connectivity index (χ1v) is 10.2. The number of hydrogen-bond acceptors (Lipinski definition) is 1. The van der Waals surface area contributed by atoms with Gasteiger partial charge in [-0.25, -0.2) is 0 Å². The lowest BCUT2D eigenvalue weighted by Crippen LogP contribution is -1.85. The Hall–Kier alpha value is 0.390. The van der Waals surface area contributed by atoms with Gasteiger partial charge in [0.2, 0.25) is 0 Å². The quantitative estimate of drug-likeness (QED) is 0.188. The molecule has 0 aliphatic carbocycles. The fraction of sp³-hybridized carbons (Fsp3) is 1.00. The van der Waals surface area contributed by atoms with E-state index in [2.05, 4.69) is 16.4 Å². The Bertz CT molecular complexity index is 155. The highest BCUT2D eigenvalue weighted by Gasteiger charge is 1.94. The molecule has 0 aromatic carbocycles. The summed E-state index contributed by atoms with van der Waals surface area (Å²) >= 11 is 0. The molecule has 0 aliphatic heterocycles. The van der Waals surface area contributed by atoms with Crippen LogP contribution in [0.2, 0.25) is 0 Å². The van der Waals surface area contributed by atoms with Crippen LogP contribution >= 0.6 is 9.47 Å². The van der Waals surface area contributed by atoms with Crippen molar-refractivity contribution in [3.05, 3.63) is 0 Å². The van der Waals surface area contributed by atoms with Crippen LogP contribution in [0.5, 0.6) is 0 Å². The molecule has 0 saturated carbocycles. The normalized spacial score (nSPS) is 11.1. The van der Waals surface area contributed by atoms with Crippen LogP contribution in [0.25, 0.3) is 0 Å². The van der Waals surface area contributed by atoms with Gasteiger partial charge in [0.05, 0.1) is 6.61 Å². The van der Waals surface area contributed by atoms with Crippen molar-refractivity contribution in [1.29, 1.82) is 0 Å². The topological polar surface area (TPSA) is 9.23 Å². The van der Waals surface area contributed by atoms with Gasteiger partial charge in [0, 0.05) is 9.47 Å². The maximum Gasteiger partial charge on any atom is 0.0501 e. The molecule has 0 aromatic heterocycles. The average Bonchev–Trinajstić information content (AvgIpc) is 2.50. The van der Waals surface area contributed by atoms with Crippen molar-refractivity contribution in [2.75, 3.05) is 6.61 Å². The SMILES string of the molecule is CCCCCCCCCCCCCCCCCCCOP. The Morgan fingerprint density at radius 3 is 1.05 bits per heavy atom. The fourth-order valence-corrected chi connectivity index (χ4v) is 3.08. The van der Waals surface area contributed by atoms with Gasteiger partial charge in [0.25, 0.3) is 0 Å². The number of hydrogen-bond donors (Lipinski definition) is 0. The second-order valence-corrected chi connectivity index (χ2v) is 6.86. The minimum Gasteiger partial charge on any atom is -0.366 e. The van der Waals surface area contributed by atoms with Crippen molar-refractivity contribution < 1.29 is 4.52 Å². The summed E-state index contributed by atoms with van der Waals surface area (Å²) in [6, 6.07) is 0. The van der Waals surface area contributed by atoms with Crippen LogP contribution in [0.4, 0.5) is 0 Å². The van der Waals surface area contributed by atoms with E-state index in [1.165, 1.54) is 109 Å². The van der Waals surface area contributed by atoms with E-state index in [0.717, 1.165) is 6.61 Å². The zero-order valence-corrected chi connectivity index (χ0v) is 15.9. The van der Waals surface area contributed by atoms with Crippen LogP contribution in [0.15, 0.2) is 0 Å². The molecule has 0 saturated heterocycles. The van der Waals surface area contributed by atoms with Gasteiger partial charge in [-0.3, -0.25) is 0 Å². The molecule has 0 spiro atoms. The second-order valence-electron chi connectivity index (χ2n) is 6.53. The van der Waals surface area contributed by atoms with Crippen LogP contribution in [0, 0.1) is 0 Å². The summed E-state index contributed by atoms with van der Waals surface area (Å²) in [5, 5.41) is 0. The van der Waals surface area contributed by atoms with E-state index in [9.17, 15) is 0 Å². The van der Waals surface area contributed by atoms with Crippen LogP contribution < -0.4 is 0 Å². The minimum atomic E-state index is 0.906. The van der Waals surface area contributed by atoms with Gasteiger partial charge in [-0.15, -0.1) is 0 Å². The third-order valence-corrected chi connectivity index (χ3v) is 4.60.